The SMILES string of the molecule is CC(=O)N1CCC(N)CC1C. The molecule has 2 atom stereocenters. The summed E-state index contributed by atoms with van der Waals surface area (Å²) in [4.78, 5) is 12.9. The number of nitrogens with two attached hydrogens (primary N) is 1. The number of hydrogen-bond donors (Lipinski definition) is 1. The van der Waals surface area contributed by atoms with Crippen LogP contribution in [0.2, 0.25) is 0 Å². The van der Waals surface area contributed by atoms with Gasteiger partial charge >= 0.3 is 0 Å². The van der Waals surface area contributed by atoms with Crippen molar-refractivity contribution in [3.05, 3.63) is 0 Å². The minimum Gasteiger partial charge on any atom is -0.340 e. The van der Waals surface area contributed by atoms with Crippen LogP contribution in [0.5, 0.6) is 0 Å². The van der Waals surface area contributed by atoms with Crippen LogP contribution < -0.4 is 5.73 Å². The Balaban J connectivity index is 2.50. The van der Waals surface area contributed by atoms with Crippen molar-refractivity contribution in [1.82, 2.24) is 4.90 Å². The molecule has 0 aromatic heterocycles. The molecule has 1 fully saturated rings. The van der Waals surface area contributed by atoms with Gasteiger partial charge in [0.05, 0.1) is 0 Å². The molecule has 1 saturated heterocycles. The summed E-state index contributed by atoms with van der Waals surface area (Å²) >= 11 is 0. The largest absolute Gasteiger partial charge is 0.340 e. The Morgan fingerprint density at radius 1 is 1.64 bits per heavy atom. The molecule has 3 heteroatoms. The fraction of sp³-hybridized carbons (Fsp3) is 0.875. The van der Waals surface area contributed by atoms with Crippen molar-refractivity contribution in [2.75, 3.05) is 6.54 Å². The molecule has 11 heavy (non-hydrogen) atoms. The van der Waals surface area contributed by atoms with Gasteiger partial charge in [-0.15, -0.1) is 0 Å². The van der Waals surface area contributed by atoms with Gasteiger partial charge in [0.25, 0.3) is 0 Å². The average molecular weight is 156 g/mol. The van der Waals surface area contributed by atoms with E-state index in [1.807, 2.05) is 4.90 Å². The van der Waals surface area contributed by atoms with Crippen molar-refractivity contribution in [2.24, 2.45) is 5.73 Å². The fourth-order valence-corrected chi connectivity index (χ4v) is 1.68. The third-order valence-electron chi connectivity index (χ3n) is 2.32. The number of piperidine rings is 1. The molecule has 0 aliphatic carbocycles. The van der Waals surface area contributed by atoms with E-state index in [4.69, 9.17) is 5.73 Å². The highest BCUT2D eigenvalue weighted by atomic mass is 16.2. The van der Waals surface area contributed by atoms with Crippen molar-refractivity contribution in [1.29, 1.82) is 0 Å². The van der Waals surface area contributed by atoms with Gasteiger partial charge in [0, 0.05) is 25.6 Å². The van der Waals surface area contributed by atoms with Crippen LogP contribution in [-0.4, -0.2) is 29.4 Å². The molecule has 2 N–H and O–H groups in total. The van der Waals surface area contributed by atoms with Crippen LogP contribution in [0.15, 0.2) is 0 Å². The molecule has 1 aliphatic heterocycles. The van der Waals surface area contributed by atoms with Gasteiger partial charge in [0.15, 0.2) is 0 Å². The predicted molar refractivity (Wildman–Crippen MR) is 44.1 cm³/mol. The van der Waals surface area contributed by atoms with Gasteiger partial charge in [0.1, 0.15) is 0 Å². The average Bonchev–Trinajstić information content (AvgIpc) is 1.85. The standard InChI is InChI=1S/C8H16N2O/c1-6-5-8(9)3-4-10(6)7(2)11/h6,8H,3-5,9H2,1-2H3. The van der Waals surface area contributed by atoms with Crippen LogP contribution in [0, 0.1) is 0 Å². The summed E-state index contributed by atoms with van der Waals surface area (Å²) in [6.07, 6.45) is 1.89. The number of carbonyl (C=O) groups excluding carboxylic acids is 1. The molecule has 64 valence electrons. The van der Waals surface area contributed by atoms with Crippen LogP contribution in [0.1, 0.15) is 26.7 Å². The molecule has 0 aromatic rings. The summed E-state index contributed by atoms with van der Waals surface area (Å²) in [7, 11) is 0. The Kier molecular flexibility index (Phi) is 2.49. The van der Waals surface area contributed by atoms with Crippen molar-refractivity contribution < 1.29 is 4.79 Å². The second-order valence-corrected chi connectivity index (χ2v) is 3.35. The highest BCUT2D eigenvalue weighted by Gasteiger charge is 2.24. The first kappa shape index (κ1) is 8.53. The van der Waals surface area contributed by atoms with Crippen molar-refractivity contribution in [3.8, 4) is 0 Å². The minimum atomic E-state index is 0.171. The molecule has 0 bridgehead atoms. The van der Waals surface area contributed by atoms with Crippen LogP contribution in [-0.2, 0) is 4.79 Å². The molecule has 2 unspecified atom stereocenters. The third-order valence-corrected chi connectivity index (χ3v) is 2.32. The lowest BCUT2D eigenvalue weighted by atomic mass is 9.99. The van der Waals surface area contributed by atoms with E-state index in [9.17, 15) is 4.79 Å². The molecular weight excluding hydrogens is 140 g/mol. The topological polar surface area (TPSA) is 46.3 Å². The number of nitrogens with zero attached hydrogens (tertiary/aromatic N) is 1. The third kappa shape index (κ3) is 1.93. The second kappa shape index (κ2) is 3.22. The lowest BCUT2D eigenvalue weighted by Gasteiger charge is -2.35. The van der Waals surface area contributed by atoms with Gasteiger partial charge < -0.3 is 10.6 Å². The molecule has 0 aromatic carbocycles. The molecule has 1 amide bonds. The quantitative estimate of drug-likeness (QED) is 0.550. The lowest BCUT2D eigenvalue weighted by molar-refractivity contribution is -0.132. The normalized spacial score (nSPS) is 32.1. The van der Waals surface area contributed by atoms with Crippen LogP contribution in [0.3, 0.4) is 0 Å². The predicted octanol–water partition coefficient (Wildman–Crippen LogP) is 0.345. The smallest absolute Gasteiger partial charge is 0.219 e. The number of rotatable bonds is 0. The molecule has 1 rings (SSSR count). The maximum absolute atomic E-state index is 11.0. The monoisotopic (exact) mass is 156 g/mol. The first-order valence-electron chi connectivity index (χ1n) is 4.14. The Morgan fingerprint density at radius 2 is 2.27 bits per heavy atom. The number of carbonyl (C=O) groups is 1. The van der Waals surface area contributed by atoms with E-state index in [2.05, 4.69) is 6.92 Å². The zero-order valence-corrected chi connectivity index (χ0v) is 7.21. The van der Waals surface area contributed by atoms with Crippen LogP contribution >= 0.6 is 0 Å². The molecule has 0 spiro atoms. The first-order valence-corrected chi connectivity index (χ1v) is 4.14. The Labute approximate surface area is 67.5 Å². The fourth-order valence-electron chi connectivity index (χ4n) is 1.68. The highest BCUT2D eigenvalue weighted by Crippen LogP contribution is 2.15. The van der Waals surface area contributed by atoms with Crippen LogP contribution in [0.25, 0.3) is 0 Å². The number of amides is 1. The van der Waals surface area contributed by atoms with E-state index in [1.54, 1.807) is 6.92 Å². The highest BCUT2D eigenvalue weighted by molar-refractivity contribution is 5.73. The second-order valence-electron chi connectivity index (χ2n) is 3.35. The maximum Gasteiger partial charge on any atom is 0.219 e. The number of likely N-dealkylation sites (tertiary alicyclic amines) is 1. The van der Waals surface area contributed by atoms with Gasteiger partial charge in [-0.25, -0.2) is 0 Å². The molecule has 0 radical (unpaired) electrons. The number of hydrogen-bond acceptors (Lipinski definition) is 2. The van der Waals surface area contributed by atoms with Crippen LogP contribution in [0.4, 0.5) is 0 Å². The van der Waals surface area contributed by atoms with Crippen molar-refractivity contribution >= 4 is 5.91 Å². The molecule has 1 heterocycles. The lowest BCUT2D eigenvalue weighted by Crippen LogP contribution is -2.47. The molecule has 1 aliphatic rings. The van der Waals surface area contributed by atoms with E-state index < -0.39 is 0 Å². The molecule has 3 nitrogen and oxygen atoms in total. The summed E-state index contributed by atoms with van der Waals surface area (Å²) in [5.74, 6) is 0.171. The molecular formula is C8H16N2O. The van der Waals surface area contributed by atoms with E-state index >= 15 is 0 Å². The molecule has 0 saturated carbocycles. The maximum atomic E-state index is 11.0. The zero-order chi connectivity index (χ0) is 8.43. The zero-order valence-electron chi connectivity index (χ0n) is 7.21. The minimum absolute atomic E-state index is 0.171. The van der Waals surface area contributed by atoms with E-state index in [0.29, 0.717) is 12.1 Å². The first-order chi connectivity index (χ1) is 5.11. The van der Waals surface area contributed by atoms with Crippen molar-refractivity contribution in [3.63, 3.8) is 0 Å². The van der Waals surface area contributed by atoms with Gasteiger partial charge in [-0.3, -0.25) is 4.79 Å². The summed E-state index contributed by atoms with van der Waals surface area (Å²) in [5, 5.41) is 0. The summed E-state index contributed by atoms with van der Waals surface area (Å²) < 4.78 is 0. The summed E-state index contributed by atoms with van der Waals surface area (Å²) in [6.45, 7) is 4.51. The summed E-state index contributed by atoms with van der Waals surface area (Å²) in [5.41, 5.74) is 5.75. The Hall–Kier alpha value is -0.570. The van der Waals surface area contributed by atoms with Gasteiger partial charge in [-0.2, -0.15) is 0 Å². The van der Waals surface area contributed by atoms with E-state index in [-0.39, 0.29) is 5.91 Å². The van der Waals surface area contributed by atoms with Gasteiger partial charge in [0.2, 0.25) is 5.91 Å². The van der Waals surface area contributed by atoms with E-state index in [0.717, 1.165) is 19.4 Å². The van der Waals surface area contributed by atoms with Gasteiger partial charge in [-0.1, -0.05) is 0 Å². The summed E-state index contributed by atoms with van der Waals surface area (Å²) in [6, 6.07) is 0.622. The van der Waals surface area contributed by atoms with Crippen molar-refractivity contribution in [2.45, 2.75) is 38.8 Å². The Morgan fingerprint density at radius 3 is 2.73 bits per heavy atom. The Bertz CT molecular complexity index is 158. The van der Waals surface area contributed by atoms with E-state index in [1.165, 1.54) is 0 Å². The van der Waals surface area contributed by atoms with Gasteiger partial charge in [-0.05, 0) is 19.8 Å².